The zero-order valence-electron chi connectivity index (χ0n) is 10.3. The summed E-state index contributed by atoms with van der Waals surface area (Å²) >= 11 is 0. The van der Waals surface area contributed by atoms with Gasteiger partial charge in [-0.15, -0.1) is 0 Å². The summed E-state index contributed by atoms with van der Waals surface area (Å²) in [4.78, 5) is 2.70. The van der Waals surface area contributed by atoms with Gasteiger partial charge < -0.3 is 10.2 Å². The largest absolute Gasteiger partial charge is 0.316 e. The Morgan fingerprint density at radius 2 is 2.20 bits per heavy atom. The molecular weight excluding hydrogens is 184 g/mol. The molecule has 15 heavy (non-hydrogen) atoms. The van der Waals surface area contributed by atoms with E-state index in [0.29, 0.717) is 0 Å². The first kappa shape index (κ1) is 11.4. The van der Waals surface area contributed by atoms with Crippen LogP contribution in [-0.4, -0.2) is 37.6 Å². The van der Waals surface area contributed by atoms with Gasteiger partial charge in [0.1, 0.15) is 0 Å². The van der Waals surface area contributed by atoms with E-state index in [2.05, 4.69) is 24.1 Å². The average molecular weight is 210 g/mol. The molecule has 2 aliphatic rings. The highest BCUT2D eigenvalue weighted by atomic mass is 15.1. The van der Waals surface area contributed by atoms with E-state index in [1.54, 1.807) is 0 Å². The Morgan fingerprint density at radius 1 is 1.40 bits per heavy atom. The van der Waals surface area contributed by atoms with Gasteiger partial charge in [0.05, 0.1) is 0 Å². The van der Waals surface area contributed by atoms with Crippen molar-refractivity contribution in [2.24, 2.45) is 17.8 Å². The highest BCUT2D eigenvalue weighted by Gasteiger charge is 2.29. The van der Waals surface area contributed by atoms with E-state index in [1.807, 2.05) is 0 Å². The van der Waals surface area contributed by atoms with E-state index in [4.69, 9.17) is 0 Å². The number of hydrogen-bond acceptors (Lipinski definition) is 2. The molecule has 0 amide bonds. The lowest BCUT2D eigenvalue weighted by Gasteiger charge is -2.30. The first-order chi connectivity index (χ1) is 7.25. The minimum absolute atomic E-state index is 0.816. The van der Waals surface area contributed by atoms with Crippen LogP contribution in [0.4, 0.5) is 0 Å². The maximum atomic E-state index is 3.52. The lowest BCUT2D eigenvalue weighted by molar-refractivity contribution is 0.184. The molecule has 0 aromatic carbocycles. The second kappa shape index (κ2) is 5.31. The fourth-order valence-corrected chi connectivity index (χ4v) is 2.76. The molecule has 0 aromatic heterocycles. The Balaban J connectivity index is 1.76. The van der Waals surface area contributed by atoms with Crippen LogP contribution in [0.25, 0.3) is 0 Å². The maximum Gasteiger partial charge on any atom is 0.00193 e. The standard InChI is InChI=1S/C13H26N2/c1-11-8-14-6-3-7-15(9-11)10-12(2)13-4-5-13/h11-14H,3-10H2,1-2H3. The van der Waals surface area contributed by atoms with Gasteiger partial charge in [-0.2, -0.15) is 0 Å². The van der Waals surface area contributed by atoms with Crippen LogP contribution in [0.2, 0.25) is 0 Å². The van der Waals surface area contributed by atoms with Crippen LogP contribution in [-0.2, 0) is 0 Å². The normalized spacial score (nSPS) is 32.0. The molecule has 2 atom stereocenters. The molecule has 2 fully saturated rings. The van der Waals surface area contributed by atoms with E-state index >= 15 is 0 Å². The summed E-state index contributed by atoms with van der Waals surface area (Å²) in [6, 6.07) is 0. The summed E-state index contributed by atoms with van der Waals surface area (Å²) in [5.74, 6) is 2.81. The van der Waals surface area contributed by atoms with Crippen LogP contribution in [0.15, 0.2) is 0 Å². The van der Waals surface area contributed by atoms with Crippen LogP contribution in [0.3, 0.4) is 0 Å². The summed E-state index contributed by atoms with van der Waals surface area (Å²) in [5.41, 5.74) is 0. The highest BCUT2D eigenvalue weighted by Crippen LogP contribution is 2.36. The van der Waals surface area contributed by atoms with Crippen molar-refractivity contribution in [1.82, 2.24) is 10.2 Å². The molecule has 1 saturated heterocycles. The van der Waals surface area contributed by atoms with Gasteiger partial charge in [-0.05, 0) is 56.7 Å². The van der Waals surface area contributed by atoms with Crippen molar-refractivity contribution < 1.29 is 0 Å². The first-order valence-corrected chi connectivity index (χ1v) is 6.69. The number of nitrogens with one attached hydrogen (secondary N) is 1. The molecule has 2 nitrogen and oxygen atoms in total. The van der Waals surface area contributed by atoms with Crippen molar-refractivity contribution in [3.63, 3.8) is 0 Å². The molecule has 1 heterocycles. The van der Waals surface area contributed by atoms with Crippen molar-refractivity contribution in [3.8, 4) is 0 Å². The topological polar surface area (TPSA) is 15.3 Å². The van der Waals surface area contributed by atoms with E-state index in [1.165, 1.54) is 52.0 Å². The van der Waals surface area contributed by atoms with E-state index in [0.717, 1.165) is 17.8 Å². The molecule has 1 N–H and O–H groups in total. The van der Waals surface area contributed by atoms with Crippen LogP contribution in [0.5, 0.6) is 0 Å². The van der Waals surface area contributed by atoms with Crippen molar-refractivity contribution in [2.75, 3.05) is 32.7 Å². The molecule has 1 saturated carbocycles. The molecule has 2 unspecified atom stereocenters. The van der Waals surface area contributed by atoms with Crippen LogP contribution in [0, 0.1) is 17.8 Å². The van der Waals surface area contributed by atoms with Crippen molar-refractivity contribution in [2.45, 2.75) is 33.1 Å². The van der Waals surface area contributed by atoms with Gasteiger partial charge in [0.15, 0.2) is 0 Å². The van der Waals surface area contributed by atoms with Crippen LogP contribution in [0.1, 0.15) is 33.1 Å². The molecular formula is C13H26N2. The second-order valence-electron chi connectivity index (χ2n) is 5.74. The number of nitrogens with zero attached hydrogens (tertiary/aromatic N) is 1. The zero-order valence-corrected chi connectivity index (χ0v) is 10.3. The van der Waals surface area contributed by atoms with Crippen LogP contribution >= 0.6 is 0 Å². The molecule has 0 radical (unpaired) electrons. The van der Waals surface area contributed by atoms with E-state index < -0.39 is 0 Å². The zero-order chi connectivity index (χ0) is 10.7. The Kier molecular flexibility index (Phi) is 4.04. The molecule has 1 aliphatic carbocycles. The predicted octanol–water partition coefficient (Wildman–Crippen LogP) is 1.96. The third-order valence-corrected chi connectivity index (χ3v) is 3.86. The fourth-order valence-electron chi connectivity index (χ4n) is 2.76. The van der Waals surface area contributed by atoms with Gasteiger partial charge in [-0.25, -0.2) is 0 Å². The van der Waals surface area contributed by atoms with E-state index in [9.17, 15) is 0 Å². The summed E-state index contributed by atoms with van der Waals surface area (Å²) in [5, 5.41) is 3.52. The molecule has 0 aromatic rings. The Labute approximate surface area is 94.4 Å². The van der Waals surface area contributed by atoms with Gasteiger partial charge >= 0.3 is 0 Å². The minimum atomic E-state index is 0.816. The lowest BCUT2D eigenvalue weighted by atomic mass is 10.0. The van der Waals surface area contributed by atoms with Crippen molar-refractivity contribution in [1.29, 1.82) is 0 Å². The molecule has 2 rings (SSSR count). The van der Waals surface area contributed by atoms with Crippen LogP contribution < -0.4 is 5.32 Å². The Hall–Kier alpha value is -0.0800. The molecule has 88 valence electrons. The van der Waals surface area contributed by atoms with Crippen molar-refractivity contribution >= 4 is 0 Å². The van der Waals surface area contributed by atoms with Gasteiger partial charge in [-0.1, -0.05) is 13.8 Å². The average Bonchev–Trinajstić information content (AvgIpc) is 2.96. The quantitative estimate of drug-likeness (QED) is 0.766. The smallest absolute Gasteiger partial charge is 0.00193 e. The van der Waals surface area contributed by atoms with Crippen molar-refractivity contribution in [3.05, 3.63) is 0 Å². The molecule has 0 spiro atoms. The molecule has 0 bridgehead atoms. The summed E-state index contributed by atoms with van der Waals surface area (Å²) < 4.78 is 0. The minimum Gasteiger partial charge on any atom is -0.316 e. The van der Waals surface area contributed by atoms with Gasteiger partial charge in [0, 0.05) is 13.1 Å². The van der Waals surface area contributed by atoms with Gasteiger partial charge in [0.25, 0.3) is 0 Å². The Morgan fingerprint density at radius 3 is 2.93 bits per heavy atom. The summed E-state index contributed by atoms with van der Waals surface area (Å²) in [6.07, 6.45) is 4.31. The second-order valence-corrected chi connectivity index (χ2v) is 5.74. The third kappa shape index (κ3) is 3.76. The molecule has 2 heteroatoms. The van der Waals surface area contributed by atoms with Gasteiger partial charge in [0.2, 0.25) is 0 Å². The third-order valence-electron chi connectivity index (χ3n) is 3.86. The monoisotopic (exact) mass is 210 g/mol. The highest BCUT2D eigenvalue weighted by molar-refractivity contribution is 4.81. The summed E-state index contributed by atoms with van der Waals surface area (Å²) in [7, 11) is 0. The molecule has 1 aliphatic heterocycles. The predicted molar refractivity (Wildman–Crippen MR) is 65.0 cm³/mol. The number of rotatable bonds is 3. The summed E-state index contributed by atoms with van der Waals surface area (Å²) in [6.45, 7) is 11.2. The Bertz CT molecular complexity index is 189. The maximum absolute atomic E-state index is 3.52. The number of hydrogen-bond donors (Lipinski definition) is 1. The van der Waals surface area contributed by atoms with E-state index in [-0.39, 0.29) is 0 Å². The SMILES string of the molecule is CC1CNCCCN(CC(C)C2CC2)C1. The van der Waals surface area contributed by atoms with Gasteiger partial charge in [-0.3, -0.25) is 0 Å². The lowest BCUT2D eigenvalue weighted by Crippen LogP contribution is -2.40. The fraction of sp³-hybridized carbons (Fsp3) is 1.00. The first-order valence-electron chi connectivity index (χ1n) is 6.69.